The molecule has 2 rings (SSSR count). The van der Waals surface area contributed by atoms with Crippen molar-refractivity contribution < 1.29 is 13.2 Å². The van der Waals surface area contributed by atoms with Crippen LogP contribution in [0, 0.1) is 5.92 Å². The number of sulfone groups is 1. The number of hydrogen-bond acceptors (Lipinski definition) is 4. The zero-order chi connectivity index (χ0) is 13.2. The highest BCUT2D eigenvalue weighted by atomic mass is 32.2. The maximum atomic E-state index is 11.9. The number of carbonyl (C=O) groups excluding carboxylic acids is 1. The molecule has 0 bridgehead atoms. The quantitative estimate of drug-likeness (QED) is 0.760. The fourth-order valence-corrected chi connectivity index (χ4v) is 3.48. The van der Waals surface area contributed by atoms with Crippen molar-refractivity contribution >= 4 is 15.7 Å². The van der Waals surface area contributed by atoms with E-state index in [4.69, 9.17) is 0 Å². The van der Waals surface area contributed by atoms with E-state index in [9.17, 15) is 13.2 Å². The van der Waals surface area contributed by atoms with Crippen molar-refractivity contribution in [1.29, 1.82) is 0 Å². The summed E-state index contributed by atoms with van der Waals surface area (Å²) in [5, 5.41) is 6.09. The summed E-state index contributed by atoms with van der Waals surface area (Å²) < 4.78 is 21.9. The Labute approximate surface area is 109 Å². The minimum atomic E-state index is -3.00. The van der Waals surface area contributed by atoms with E-state index < -0.39 is 9.84 Å². The van der Waals surface area contributed by atoms with Gasteiger partial charge in [0.25, 0.3) is 0 Å². The molecule has 2 aliphatic rings. The molecule has 0 aromatic rings. The molecule has 1 saturated heterocycles. The van der Waals surface area contributed by atoms with Gasteiger partial charge in [-0.05, 0) is 25.2 Å². The van der Waals surface area contributed by atoms with Crippen LogP contribution in [0.25, 0.3) is 0 Å². The van der Waals surface area contributed by atoms with Crippen molar-refractivity contribution in [2.45, 2.75) is 44.2 Å². The molecular formula is C12H22N2O3S. The van der Waals surface area contributed by atoms with E-state index in [-0.39, 0.29) is 24.2 Å². The molecule has 5 nitrogen and oxygen atoms in total. The molecule has 0 spiro atoms. The van der Waals surface area contributed by atoms with Crippen LogP contribution in [0.4, 0.5) is 0 Å². The summed E-state index contributed by atoms with van der Waals surface area (Å²) in [5.74, 6) is 0.593. The van der Waals surface area contributed by atoms with Gasteiger partial charge >= 0.3 is 0 Å². The smallest absolute Gasteiger partial charge is 0.237 e. The van der Waals surface area contributed by atoms with Gasteiger partial charge < -0.3 is 10.6 Å². The zero-order valence-corrected chi connectivity index (χ0v) is 11.6. The molecular weight excluding hydrogens is 252 g/mol. The van der Waals surface area contributed by atoms with Crippen LogP contribution in [0.5, 0.6) is 0 Å². The molecule has 0 aromatic carbocycles. The lowest BCUT2D eigenvalue weighted by molar-refractivity contribution is -0.122. The summed E-state index contributed by atoms with van der Waals surface area (Å²) in [6, 6.07) is 0.363. The SMILES string of the molecule is CS(=O)(=O)CCNC(=O)C1CC2CCCCC2N1. The third-order valence-electron chi connectivity index (χ3n) is 3.95. The molecule has 18 heavy (non-hydrogen) atoms. The first-order chi connectivity index (χ1) is 8.46. The van der Waals surface area contributed by atoms with Gasteiger partial charge in [0.05, 0.1) is 11.8 Å². The third-order valence-corrected chi connectivity index (χ3v) is 4.90. The normalized spacial score (nSPS) is 31.9. The highest BCUT2D eigenvalue weighted by Crippen LogP contribution is 2.33. The molecule has 2 fully saturated rings. The summed E-state index contributed by atoms with van der Waals surface area (Å²) in [6.45, 7) is 0.213. The molecule has 1 aliphatic heterocycles. The van der Waals surface area contributed by atoms with Crippen molar-refractivity contribution in [3.63, 3.8) is 0 Å². The fraction of sp³-hybridized carbons (Fsp3) is 0.917. The first kappa shape index (κ1) is 13.8. The largest absolute Gasteiger partial charge is 0.354 e. The van der Waals surface area contributed by atoms with Crippen molar-refractivity contribution in [2.75, 3.05) is 18.6 Å². The third kappa shape index (κ3) is 3.68. The lowest BCUT2D eigenvalue weighted by Crippen LogP contribution is -2.44. The fourth-order valence-electron chi connectivity index (χ4n) is 3.00. The second-order valence-corrected chi connectivity index (χ2v) is 7.79. The number of fused-ring (bicyclic) bond motifs is 1. The van der Waals surface area contributed by atoms with Gasteiger partial charge in [-0.25, -0.2) is 8.42 Å². The van der Waals surface area contributed by atoms with Crippen LogP contribution in [-0.2, 0) is 14.6 Å². The molecule has 3 atom stereocenters. The van der Waals surface area contributed by atoms with Gasteiger partial charge in [0, 0.05) is 18.8 Å². The molecule has 1 heterocycles. The Hall–Kier alpha value is -0.620. The topological polar surface area (TPSA) is 75.3 Å². The van der Waals surface area contributed by atoms with E-state index in [1.54, 1.807) is 0 Å². The average Bonchev–Trinajstić information content (AvgIpc) is 2.70. The van der Waals surface area contributed by atoms with Crippen LogP contribution in [0.15, 0.2) is 0 Å². The molecule has 3 unspecified atom stereocenters. The van der Waals surface area contributed by atoms with Crippen LogP contribution in [0.3, 0.4) is 0 Å². The van der Waals surface area contributed by atoms with Gasteiger partial charge in [-0.2, -0.15) is 0 Å². The van der Waals surface area contributed by atoms with Crippen LogP contribution in [0.1, 0.15) is 32.1 Å². The van der Waals surface area contributed by atoms with Crippen LogP contribution in [-0.4, -0.2) is 45.0 Å². The molecule has 1 aliphatic carbocycles. The first-order valence-corrected chi connectivity index (χ1v) is 8.73. The molecule has 0 aromatic heterocycles. The Balaban J connectivity index is 1.77. The molecule has 0 radical (unpaired) electrons. The molecule has 1 saturated carbocycles. The summed E-state index contributed by atoms with van der Waals surface area (Å²) in [5.41, 5.74) is 0. The van der Waals surface area contributed by atoms with Gasteiger partial charge in [-0.1, -0.05) is 12.8 Å². The summed E-state index contributed by atoms with van der Waals surface area (Å²) in [6.07, 6.45) is 6.97. The highest BCUT2D eigenvalue weighted by molar-refractivity contribution is 7.90. The van der Waals surface area contributed by atoms with Gasteiger partial charge in [0.1, 0.15) is 9.84 Å². The average molecular weight is 274 g/mol. The number of nitrogens with one attached hydrogen (secondary N) is 2. The Bertz CT molecular complexity index is 394. The van der Waals surface area contributed by atoms with E-state index in [1.165, 1.54) is 25.5 Å². The number of hydrogen-bond donors (Lipinski definition) is 2. The van der Waals surface area contributed by atoms with E-state index >= 15 is 0 Å². The van der Waals surface area contributed by atoms with E-state index in [0.717, 1.165) is 12.8 Å². The summed E-state index contributed by atoms with van der Waals surface area (Å²) in [4.78, 5) is 11.9. The maximum Gasteiger partial charge on any atom is 0.237 e. The Morgan fingerprint density at radius 3 is 2.72 bits per heavy atom. The van der Waals surface area contributed by atoms with Gasteiger partial charge in [0.15, 0.2) is 0 Å². The predicted octanol–water partition coefficient (Wildman–Crippen LogP) is 0.0679. The monoisotopic (exact) mass is 274 g/mol. The number of amides is 1. The first-order valence-electron chi connectivity index (χ1n) is 6.67. The standard InChI is InChI=1S/C12H22N2O3S/c1-18(16,17)7-6-13-12(15)11-8-9-4-2-3-5-10(9)14-11/h9-11,14H,2-8H2,1H3,(H,13,15). The van der Waals surface area contributed by atoms with Crippen molar-refractivity contribution in [2.24, 2.45) is 5.92 Å². The van der Waals surface area contributed by atoms with Gasteiger partial charge in [-0.3, -0.25) is 4.79 Å². The number of carbonyl (C=O) groups is 1. The second kappa shape index (κ2) is 5.57. The minimum absolute atomic E-state index is 0.0122. The maximum absolute atomic E-state index is 11.9. The van der Waals surface area contributed by atoms with E-state index in [2.05, 4.69) is 10.6 Å². The zero-order valence-electron chi connectivity index (χ0n) is 10.8. The predicted molar refractivity (Wildman–Crippen MR) is 70.0 cm³/mol. The molecule has 2 N–H and O–H groups in total. The Kier molecular flexibility index (Phi) is 4.27. The lowest BCUT2D eigenvalue weighted by Gasteiger charge is -2.24. The van der Waals surface area contributed by atoms with Gasteiger partial charge in [-0.15, -0.1) is 0 Å². The van der Waals surface area contributed by atoms with Crippen molar-refractivity contribution in [1.82, 2.24) is 10.6 Å². The van der Waals surface area contributed by atoms with Crippen LogP contribution >= 0.6 is 0 Å². The lowest BCUT2D eigenvalue weighted by atomic mass is 9.85. The van der Waals surface area contributed by atoms with Crippen molar-refractivity contribution in [3.8, 4) is 0 Å². The summed E-state index contributed by atoms with van der Waals surface area (Å²) in [7, 11) is -3.00. The van der Waals surface area contributed by atoms with Gasteiger partial charge in [0.2, 0.25) is 5.91 Å². The second-order valence-electron chi connectivity index (χ2n) is 5.53. The summed E-state index contributed by atoms with van der Waals surface area (Å²) >= 11 is 0. The highest BCUT2D eigenvalue weighted by Gasteiger charge is 2.37. The van der Waals surface area contributed by atoms with Crippen LogP contribution in [0.2, 0.25) is 0 Å². The van der Waals surface area contributed by atoms with Crippen molar-refractivity contribution in [3.05, 3.63) is 0 Å². The Morgan fingerprint density at radius 1 is 1.33 bits per heavy atom. The van der Waals surface area contributed by atoms with Crippen LogP contribution < -0.4 is 10.6 Å². The minimum Gasteiger partial charge on any atom is -0.354 e. The molecule has 6 heteroatoms. The van der Waals surface area contributed by atoms with E-state index in [1.807, 2.05) is 0 Å². The molecule has 1 amide bonds. The van der Waals surface area contributed by atoms with E-state index in [0.29, 0.717) is 12.0 Å². The number of rotatable bonds is 4. The molecule has 104 valence electrons. The Morgan fingerprint density at radius 2 is 2.06 bits per heavy atom.